The maximum atomic E-state index is 12.1. The van der Waals surface area contributed by atoms with Gasteiger partial charge in [0.05, 0.1) is 26.0 Å². The number of nitriles is 1. The van der Waals surface area contributed by atoms with Gasteiger partial charge >= 0.3 is 0 Å². The van der Waals surface area contributed by atoms with Gasteiger partial charge in [-0.05, 0) is 52.7 Å². The van der Waals surface area contributed by atoms with Crippen molar-refractivity contribution in [2.75, 3.05) is 13.7 Å². The van der Waals surface area contributed by atoms with Crippen LogP contribution in [0.1, 0.15) is 22.9 Å². The Morgan fingerprint density at radius 2 is 2.04 bits per heavy atom. The summed E-state index contributed by atoms with van der Waals surface area (Å²) in [7, 11) is 1.71. The molecule has 2 aromatic rings. The van der Waals surface area contributed by atoms with Crippen molar-refractivity contribution in [3.63, 3.8) is 0 Å². The topological polar surface area (TPSA) is 65.7 Å². The second kappa shape index (κ2) is 8.62. The van der Waals surface area contributed by atoms with E-state index in [0.29, 0.717) is 12.1 Å². The second-order valence-corrected chi connectivity index (χ2v) is 7.58. The number of hydrogen-bond acceptors (Lipinski definition) is 5. The van der Waals surface area contributed by atoms with Gasteiger partial charge < -0.3 is 9.74 Å². The first kappa shape index (κ1) is 18.2. The monoisotopic (exact) mass is 405 g/mol. The third-order valence-electron chi connectivity index (χ3n) is 3.25. The molecule has 1 aromatic carbocycles. The highest BCUT2D eigenvalue weighted by Gasteiger charge is 2.10. The quantitative estimate of drug-likeness (QED) is 0.542. The lowest BCUT2D eigenvalue weighted by molar-refractivity contribution is -0.135. The van der Waals surface area contributed by atoms with E-state index in [2.05, 4.69) is 27.2 Å². The minimum absolute atomic E-state index is 0.114. The molecule has 0 saturated heterocycles. The molecule has 0 aliphatic carbocycles. The summed E-state index contributed by atoms with van der Waals surface area (Å²) < 4.78 is 1.02. The zero-order valence-electron chi connectivity index (χ0n) is 13.3. The van der Waals surface area contributed by atoms with E-state index >= 15 is 0 Å². The molecule has 0 atom stereocenters. The van der Waals surface area contributed by atoms with Crippen LogP contribution in [0.25, 0.3) is 0 Å². The van der Waals surface area contributed by atoms with Crippen molar-refractivity contribution in [1.82, 2.24) is 4.90 Å². The van der Waals surface area contributed by atoms with Gasteiger partial charge in [0.15, 0.2) is 6.61 Å². The third kappa shape index (κ3) is 5.18. The molecule has 0 radical (unpaired) electrons. The van der Waals surface area contributed by atoms with E-state index in [4.69, 9.17) is 10.1 Å². The van der Waals surface area contributed by atoms with Crippen LogP contribution in [-0.2, 0) is 16.2 Å². The molecule has 0 aliphatic rings. The number of amides is 1. The number of nitrogens with zero attached hydrogens (tertiary/aromatic N) is 3. The molecule has 24 heavy (non-hydrogen) atoms. The highest BCUT2D eigenvalue weighted by molar-refractivity contribution is 9.11. The molecule has 1 heterocycles. The van der Waals surface area contributed by atoms with Crippen LogP contribution >= 0.6 is 27.3 Å². The van der Waals surface area contributed by atoms with Crippen LogP contribution in [0.5, 0.6) is 0 Å². The van der Waals surface area contributed by atoms with E-state index in [1.807, 2.05) is 31.2 Å². The van der Waals surface area contributed by atoms with Gasteiger partial charge in [-0.3, -0.25) is 4.79 Å². The third-order valence-corrected chi connectivity index (χ3v) is 4.98. The summed E-state index contributed by atoms with van der Waals surface area (Å²) >= 11 is 4.95. The molecule has 1 amide bonds. The molecule has 7 heteroatoms. The summed E-state index contributed by atoms with van der Waals surface area (Å²) in [6.45, 7) is 2.17. The molecule has 0 unspecified atom stereocenters. The maximum Gasteiger partial charge on any atom is 0.263 e. The zero-order chi connectivity index (χ0) is 17.5. The van der Waals surface area contributed by atoms with E-state index in [-0.39, 0.29) is 12.5 Å². The average molecular weight is 406 g/mol. The molecule has 0 aliphatic heterocycles. The van der Waals surface area contributed by atoms with E-state index in [0.717, 1.165) is 19.9 Å². The molecule has 124 valence electrons. The number of likely N-dealkylation sites (N-methyl/N-ethyl adjacent to an activating group) is 1. The minimum atomic E-state index is -0.164. The fraction of sp³-hybridized carbons (Fsp3) is 0.235. The molecule has 0 bridgehead atoms. The van der Waals surface area contributed by atoms with Crippen LogP contribution in [0, 0.1) is 11.3 Å². The van der Waals surface area contributed by atoms with E-state index in [9.17, 15) is 4.79 Å². The Labute approximate surface area is 153 Å². The van der Waals surface area contributed by atoms with Gasteiger partial charge in [-0.15, -0.1) is 11.3 Å². The van der Waals surface area contributed by atoms with Crippen LogP contribution < -0.4 is 0 Å². The molecule has 1 aromatic heterocycles. The van der Waals surface area contributed by atoms with Gasteiger partial charge in [0.25, 0.3) is 5.91 Å². The van der Waals surface area contributed by atoms with Crippen molar-refractivity contribution in [1.29, 1.82) is 5.26 Å². The summed E-state index contributed by atoms with van der Waals surface area (Å²) in [5.74, 6) is -0.164. The fourth-order valence-electron chi connectivity index (χ4n) is 1.89. The van der Waals surface area contributed by atoms with Crippen LogP contribution in [0.15, 0.2) is 45.3 Å². The molecule has 0 saturated carbocycles. The van der Waals surface area contributed by atoms with Gasteiger partial charge in [-0.1, -0.05) is 17.3 Å². The summed E-state index contributed by atoms with van der Waals surface area (Å²) in [5, 5.41) is 12.8. The van der Waals surface area contributed by atoms with E-state index in [1.54, 1.807) is 35.4 Å². The van der Waals surface area contributed by atoms with E-state index < -0.39 is 0 Å². The van der Waals surface area contributed by atoms with Crippen LogP contribution in [-0.4, -0.2) is 30.2 Å². The van der Waals surface area contributed by atoms with Crippen LogP contribution in [0.2, 0.25) is 0 Å². The number of carbonyl (C=O) groups excluding carboxylic acids is 1. The first-order chi connectivity index (χ1) is 11.5. The Bertz CT molecular complexity index is 778. The Kier molecular flexibility index (Phi) is 6.53. The van der Waals surface area contributed by atoms with Crippen LogP contribution in [0.3, 0.4) is 0 Å². The SMILES string of the molecule is CC(=NOCC(=O)N(C)Cc1ccc(C#N)cc1)c1ccc(Br)s1. The first-order valence-corrected chi connectivity index (χ1v) is 8.76. The first-order valence-electron chi connectivity index (χ1n) is 7.15. The molecular weight excluding hydrogens is 390 g/mol. The van der Waals surface area contributed by atoms with Crippen molar-refractivity contribution < 1.29 is 9.63 Å². The molecule has 2 rings (SSSR count). The van der Waals surface area contributed by atoms with E-state index in [1.165, 1.54) is 0 Å². The largest absolute Gasteiger partial charge is 0.385 e. The van der Waals surface area contributed by atoms with Crippen LogP contribution in [0.4, 0.5) is 0 Å². The van der Waals surface area contributed by atoms with Crippen molar-refractivity contribution in [3.05, 3.63) is 56.2 Å². The maximum absolute atomic E-state index is 12.1. The van der Waals surface area contributed by atoms with Gasteiger partial charge in [-0.25, -0.2) is 0 Å². The van der Waals surface area contributed by atoms with Gasteiger partial charge in [-0.2, -0.15) is 5.26 Å². The molecule has 5 nitrogen and oxygen atoms in total. The highest BCUT2D eigenvalue weighted by atomic mass is 79.9. The normalized spacial score (nSPS) is 11.0. The zero-order valence-corrected chi connectivity index (χ0v) is 15.7. The molecule has 0 N–H and O–H groups in total. The minimum Gasteiger partial charge on any atom is -0.385 e. The number of carbonyl (C=O) groups is 1. The molecule has 0 fully saturated rings. The number of halogens is 1. The average Bonchev–Trinajstić information content (AvgIpc) is 3.02. The second-order valence-electron chi connectivity index (χ2n) is 5.11. The number of benzene rings is 1. The predicted molar refractivity (Wildman–Crippen MR) is 97.8 cm³/mol. The highest BCUT2D eigenvalue weighted by Crippen LogP contribution is 2.22. The Hall–Kier alpha value is -2.17. The number of hydrogen-bond donors (Lipinski definition) is 0. The summed E-state index contributed by atoms with van der Waals surface area (Å²) in [4.78, 5) is 19.8. The van der Waals surface area contributed by atoms with Gasteiger partial charge in [0.2, 0.25) is 0 Å². The standard InChI is InChI=1S/C17H16BrN3O2S/c1-12(15-7-8-16(18)24-15)20-23-11-17(22)21(2)10-14-5-3-13(9-19)4-6-14/h3-8H,10-11H2,1-2H3. The predicted octanol–water partition coefficient (Wildman–Crippen LogP) is 3.78. The Morgan fingerprint density at radius 1 is 1.33 bits per heavy atom. The fourth-order valence-corrected chi connectivity index (χ4v) is 3.22. The smallest absolute Gasteiger partial charge is 0.263 e. The van der Waals surface area contributed by atoms with Gasteiger partial charge in [0.1, 0.15) is 0 Å². The summed E-state index contributed by atoms with van der Waals surface area (Å²) in [6.07, 6.45) is 0. The Morgan fingerprint density at radius 3 is 2.62 bits per heavy atom. The van der Waals surface area contributed by atoms with Crippen molar-refractivity contribution >= 4 is 38.9 Å². The molecular formula is C17H16BrN3O2S. The number of oxime groups is 1. The summed E-state index contributed by atoms with van der Waals surface area (Å²) in [6, 6.07) is 13.1. The molecule has 0 spiro atoms. The lowest BCUT2D eigenvalue weighted by atomic mass is 10.1. The van der Waals surface area contributed by atoms with Crippen molar-refractivity contribution in [3.8, 4) is 6.07 Å². The van der Waals surface area contributed by atoms with Crippen molar-refractivity contribution in [2.45, 2.75) is 13.5 Å². The lowest BCUT2D eigenvalue weighted by Crippen LogP contribution is -2.29. The van der Waals surface area contributed by atoms with Crippen molar-refractivity contribution in [2.24, 2.45) is 5.16 Å². The number of thiophene rings is 1. The summed E-state index contributed by atoms with van der Waals surface area (Å²) in [5.41, 5.74) is 2.28. The number of rotatable bonds is 6. The lowest BCUT2D eigenvalue weighted by Gasteiger charge is -2.16. The van der Waals surface area contributed by atoms with Gasteiger partial charge in [0, 0.05) is 13.6 Å². The Balaban J connectivity index is 1.84.